The molecule has 0 spiro atoms. The van der Waals surface area contributed by atoms with Gasteiger partial charge in [0.25, 0.3) is 0 Å². The van der Waals surface area contributed by atoms with Crippen LogP contribution in [0.4, 0.5) is 0 Å². The highest BCUT2D eigenvalue weighted by atomic mass is 32.2. The van der Waals surface area contributed by atoms with E-state index in [1.165, 1.54) is 18.3 Å². The van der Waals surface area contributed by atoms with Crippen molar-refractivity contribution < 1.29 is 8.42 Å². The van der Waals surface area contributed by atoms with Gasteiger partial charge in [-0.2, -0.15) is 5.26 Å². The van der Waals surface area contributed by atoms with Gasteiger partial charge in [0.1, 0.15) is 0 Å². The van der Waals surface area contributed by atoms with Crippen LogP contribution in [0.25, 0.3) is 0 Å². The zero-order valence-electron chi connectivity index (χ0n) is 10.00. The van der Waals surface area contributed by atoms with E-state index in [2.05, 4.69) is 0 Å². The van der Waals surface area contributed by atoms with Gasteiger partial charge in [-0.15, -0.1) is 0 Å². The lowest BCUT2D eigenvalue weighted by Gasteiger charge is -2.18. The summed E-state index contributed by atoms with van der Waals surface area (Å²) in [6, 6.07) is 11.4. The number of hydrogen-bond donors (Lipinski definition) is 0. The maximum absolute atomic E-state index is 11.8. The maximum Gasteiger partial charge on any atom is 0.229 e. The van der Waals surface area contributed by atoms with Gasteiger partial charge in [-0.05, 0) is 18.9 Å². The highest BCUT2D eigenvalue weighted by Crippen LogP contribution is 2.08. The van der Waals surface area contributed by atoms with Crippen LogP contribution in [-0.2, 0) is 16.4 Å². The Kier molecular flexibility index (Phi) is 4.67. The second-order valence-electron chi connectivity index (χ2n) is 3.87. The molecular formula is C12H16N2O2S. The molecule has 0 saturated heterocycles. The summed E-state index contributed by atoms with van der Waals surface area (Å²) < 4.78 is 24.8. The Hall–Kier alpha value is -1.38. The average Bonchev–Trinajstić information content (AvgIpc) is 2.35. The molecule has 0 aliphatic carbocycles. The lowest BCUT2D eigenvalue weighted by atomic mass is 10.2. The Labute approximate surface area is 103 Å². The van der Waals surface area contributed by atoms with E-state index in [0.717, 1.165) is 5.56 Å². The number of sulfonamides is 1. The third kappa shape index (κ3) is 3.55. The van der Waals surface area contributed by atoms with Crippen LogP contribution in [0.15, 0.2) is 30.3 Å². The first-order valence-electron chi connectivity index (χ1n) is 5.37. The number of benzene rings is 1. The fourth-order valence-electron chi connectivity index (χ4n) is 1.39. The van der Waals surface area contributed by atoms with Crippen molar-refractivity contribution in [3.05, 3.63) is 35.9 Å². The first-order valence-corrected chi connectivity index (χ1v) is 6.87. The highest BCUT2D eigenvalue weighted by molar-refractivity contribution is 7.89. The van der Waals surface area contributed by atoms with Crippen molar-refractivity contribution in [1.82, 2.24) is 4.31 Å². The molecule has 0 heterocycles. The van der Waals surface area contributed by atoms with Crippen LogP contribution < -0.4 is 0 Å². The van der Waals surface area contributed by atoms with E-state index in [-0.39, 0.29) is 0 Å². The second-order valence-corrected chi connectivity index (χ2v) is 6.23. The predicted octanol–water partition coefficient (Wildman–Crippen LogP) is 1.40. The van der Waals surface area contributed by atoms with Crippen LogP contribution in [0, 0.1) is 11.3 Å². The van der Waals surface area contributed by atoms with Crippen molar-refractivity contribution in [1.29, 1.82) is 5.26 Å². The van der Waals surface area contributed by atoms with E-state index in [1.807, 2.05) is 30.3 Å². The van der Waals surface area contributed by atoms with Crippen molar-refractivity contribution in [3.63, 3.8) is 0 Å². The molecule has 92 valence electrons. The molecule has 1 unspecified atom stereocenters. The monoisotopic (exact) mass is 252 g/mol. The molecule has 5 heteroatoms. The van der Waals surface area contributed by atoms with Crippen molar-refractivity contribution in [2.75, 3.05) is 13.6 Å². The van der Waals surface area contributed by atoms with Gasteiger partial charge in [0.2, 0.25) is 10.0 Å². The molecule has 1 aromatic carbocycles. The molecule has 4 nitrogen and oxygen atoms in total. The highest BCUT2D eigenvalue weighted by Gasteiger charge is 2.25. The Morgan fingerprint density at radius 2 is 1.94 bits per heavy atom. The summed E-state index contributed by atoms with van der Waals surface area (Å²) in [5.41, 5.74) is 1.08. The summed E-state index contributed by atoms with van der Waals surface area (Å²) in [4.78, 5) is 0. The van der Waals surface area contributed by atoms with Gasteiger partial charge in [0, 0.05) is 13.6 Å². The quantitative estimate of drug-likeness (QED) is 0.796. The number of nitriles is 1. The van der Waals surface area contributed by atoms with Crippen molar-refractivity contribution in [3.8, 4) is 6.07 Å². The molecule has 0 radical (unpaired) electrons. The fourth-order valence-corrected chi connectivity index (χ4v) is 2.41. The first-order chi connectivity index (χ1) is 7.98. The minimum atomic E-state index is -3.49. The van der Waals surface area contributed by atoms with Crippen LogP contribution >= 0.6 is 0 Å². The van der Waals surface area contributed by atoms with E-state index in [9.17, 15) is 8.42 Å². The van der Waals surface area contributed by atoms with Gasteiger partial charge in [-0.25, -0.2) is 12.7 Å². The summed E-state index contributed by atoms with van der Waals surface area (Å²) in [6.07, 6.45) is 0.648. The van der Waals surface area contributed by atoms with Crippen LogP contribution in [0.3, 0.4) is 0 Å². The molecule has 1 rings (SSSR count). The predicted molar refractivity (Wildman–Crippen MR) is 66.8 cm³/mol. The minimum absolute atomic E-state index is 0.387. The standard InChI is InChI=1S/C12H16N2O2S/c1-11(10-13)17(15,16)14(2)9-8-12-6-4-3-5-7-12/h3-7,11H,8-9H2,1-2H3. The molecule has 1 aromatic rings. The van der Waals surface area contributed by atoms with Gasteiger partial charge in [-0.1, -0.05) is 30.3 Å². The van der Waals surface area contributed by atoms with Gasteiger partial charge in [0.15, 0.2) is 5.25 Å². The smallest absolute Gasteiger partial charge is 0.211 e. The zero-order valence-corrected chi connectivity index (χ0v) is 10.8. The van der Waals surface area contributed by atoms with E-state index >= 15 is 0 Å². The topological polar surface area (TPSA) is 61.2 Å². The minimum Gasteiger partial charge on any atom is -0.211 e. The van der Waals surface area contributed by atoms with Crippen LogP contribution in [0.5, 0.6) is 0 Å². The van der Waals surface area contributed by atoms with E-state index < -0.39 is 15.3 Å². The van der Waals surface area contributed by atoms with Gasteiger partial charge >= 0.3 is 0 Å². The molecule has 0 aromatic heterocycles. The summed E-state index contributed by atoms with van der Waals surface area (Å²) in [5.74, 6) is 0. The SMILES string of the molecule is CC(C#N)S(=O)(=O)N(C)CCc1ccccc1. The Bertz CT molecular complexity index is 491. The maximum atomic E-state index is 11.8. The average molecular weight is 252 g/mol. The number of hydrogen-bond acceptors (Lipinski definition) is 3. The number of nitrogens with zero attached hydrogens (tertiary/aromatic N) is 2. The molecule has 0 bridgehead atoms. The largest absolute Gasteiger partial charge is 0.229 e. The first kappa shape index (κ1) is 13.7. The fraction of sp³-hybridized carbons (Fsp3) is 0.417. The number of likely N-dealkylation sites (N-methyl/N-ethyl adjacent to an activating group) is 1. The summed E-state index contributed by atoms with van der Waals surface area (Å²) >= 11 is 0. The molecule has 1 atom stereocenters. The summed E-state index contributed by atoms with van der Waals surface area (Å²) in [6.45, 7) is 1.78. The molecule has 0 N–H and O–H groups in total. The van der Waals surface area contributed by atoms with Crippen LogP contribution in [-0.4, -0.2) is 31.6 Å². The Morgan fingerprint density at radius 3 is 2.47 bits per heavy atom. The van der Waals surface area contributed by atoms with E-state index in [0.29, 0.717) is 13.0 Å². The molecule has 0 saturated carbocycles. The van der Waals surface area contributed by atoms with E-state index in [4.69, 9.17) is 5.26 Å². The third-order valence-electron chi connectivity index (χ3n) is 2.62. The van der Waals surface area contributed by atoms with Crippen LogP contribution in [0.1, 0.15) is 12.5 Å². The molecule has 0 aliphatic heterocycles. The van der Waals surface area contributed by atoms with Crippen molar-refractivity contribution in [2.45, 2.75) is 18.6 Å². The van der Waals surface area contributed by atoms with Gasteiger partial charge in [0.05, 0.1) is 6.07 Å². The lowest BCUT2D eigenvalue weighted by Crippen LogP contribution is -2.35. The van der Waals surface area contributed by atoms with Crippen LogP contribution in [0.2, 0.25) is 0 Å². The van der Waals surface area contributed by atoms with Crippen molar-refractivity contribution >= 4 is 10.0 Å². The van der Waals surface area contributed by atoms with Gasteiger partial charge < -0.3 is 0 Å². The molecular weight excluding hydrogens is 236 g/mol. The Morgan fingerprint density at radius 1 is 1.35 bits per heavy atom. The third-order valence-corrected chi connectivity index (χ3v) is 4.67. The number of rotatable bonds is 5. The molecule has 0 amide bonds. The normalized spacial score (nSPS) is 13.3. The van der Waals surface area contributed by atoms with E-state index in [1.54, 1.807) is 6.07 Å². The summed E-state index contributed by atoms with van der Waals surface area (Å²) in [5, 5.41) is 7.65. The molecule has 0 aliphatic rings. The molecule has 0 fully saturated rings. The lowest BCUT2D eigenvalue weighted by molar-refractivity contribution is 0.469. The zero-order chi connectivity index (χ0) is 12.9. The Balaban J connectivity index is 2.63. The van der Waals surface area contributed by atoms with Gasteiger partial charge in [-0.3, -0.25) is 0 Å². The van der Waals surface area contributed by atoms with Crippen molar-refractivity contribution in [2.24, 2.45) is 0 Å². The summed E-state index contributed by atoms with van der Waals surface area (Å²) in [7, 11) is -1.98. The molecule has 17 heavy (non-hydrogen) atoms. The second kappa shape index (κ2) is 5.80.